The van der Waals surface area contributed by atoms with E-state index in [4.69, 9.17) is 4.42 Å². The average molecular weight is 486 g/mol. The SMILES string of the molecule is c1ccc(-n2c3ccccc3c3cc(-c4ccc5cc(-c6cccc7ccccc67)oc5c4)ccc32)cc1. The Labute approximate surface area is 220 Å². The molecule has 0 amide bonds. The number of rotatable bonds is 3. The predicted molar refractivity (Wildman–Crippen MR) is 159 cm³/mol. The molecule has 6 aromatic carbocycles. The van der Waals surface area contributed by atoms with E-state index < -0.39 is 0 Å². The smallest absolute Gasteiger partial charge is 0.136 e. The molecule has 2 nitrogen and oxygen atoms in total. The summed E-state index contributed by atoms with van der Waals surface area (Å²) in [7, 11) is 0. The van der Waals surface area contributed by atoms with Crippen LogP contribution in [-0.4, -0.2) is 4.57 Å². The summed E-state index contributed by atoms with van der Waals surface area (Å²) >= 11 is 0. The molecule has 0 unspecified atom stereocenters. The molecule has 0 N–H and O–H groups in total. The minimum Gasteiger partial charge on any atom is -0.456 e. The zero-order chi connectivity index (χ0) is 25.1. The highest BCUT2D eigenvalue weighted by Crippen LogP contribution is 2.37. The van der Waals surface area contributed by atoms with Crippen LogP contribution < -0.4 is 0 Å². The summed E-state index contributed by atoms with van der Waals surface area (Å²) < 4.78 is 8.79. The molecule has 0 aliphatic carbocycles. The first kappa shape index (κ1) is 21.0. The van der Waals surface area contributed by atoms with Crippen LogP contribution in [0.5, 0.6) is 0 Å². The van der Waals surface area contributed by atoms with Gasteiger partial charge in [0.25, 0.3) is 0 Å². The lowest BCUT2D eigenvalue weighted by molar-refractivity contribution is 0.632. The van der Waals surface area contributed by atoms with Crippen LogP contribution in [0.25, 0.3) is 71.7 Å². The van der Waals surface area contributed by atoms with E-state index >= 15 is 0 Å². The lowest BCUT2D eigenvalue weighted by atomic mass is 10.0. The van der Waals surface area contributed by atoms with Gasteiger partial charge in [-0.05, 0) is 64.4 Å². The Bertz CT molecular complexity index is 2120. The van der Waals surface area contributed by atoms with Gasteiger partial charge in [0.1, 0.15) is 11.3 Å². The molecule has 8 aromatic rings. The van der Waals surface area contributed by atoms with Gasteiger partial charge in [-0.3, -0.25) is 0 Å². The molecule has 38 heavy (non-hydrogen) atoms. The van der Waals surface area contributed by atoms with Crippen molar-refractivity contribution in [3.05, 3.63) is 140 Å². The predicted octanol–water partition coefficient (Wildman–Crippen LogP) is 10.0. The Hall–Kier alpha value is -5.08. The number of hydrogen-bond acceptors (Lipinski definition) is 1. The van der Waals surface area contributed by atoms with E-state index in [9.17, 15) is 0 Å². The lowest BCUT2D eigenvalue weighted by Gasteiger charge is -2.08. The van der Waals surface area contributed by atoms with Crippen LogP contribution >= 0.6 is 0 Å². The molecule has 2 heteroatoms. The monoisotopic (exact) mass is 485 g/mol. The molecule has 8 rings (SSSR count). The summed E-state index contributed by atoms with van der Waals surface area (Å²) in [4.78, 5) is 0. The second-order valence-electron chi connectivity index (χ2n) is 9.81. The van der Waals surface area contributed by atoms with Crippen molar-refractivity contribution >= 4 is 43.5 Å². The zero-order valence-corrected chi connectivity index (χ0v) is 20.6. The van der Waals surface area contributed by atoms with E-state index in [-0.39, 0.29) is 0 Å². The highest BCUT2D eigenvalue weighted by molar-refractivity contribution is 6.10. The minimum absolute atomic E-state index is 0.898. The molecule has 0 radical (unpaired) electrons. The molecule has 0 fully saturated rings. The third-order valence-electron chi connectivity index (χ3n) is 7.60. The van der Waals surface area contributed by atoms with Gasteiger partial charge in [0, 0.05) is 27.4 Å². The number of benzene rings is 6. The normalized spacial score (nSPS) is 11.7. The fraction of sp³-hybridized carbons (Fsp3) is 0. The van der Waals surface area contributed by atoms with Gasteiger partial charge in [-0.25, -0.2) is 0 Å². The van der Waals surface area contributed by atoms with Crippen LogP contribution in [-0.2, 0) is 0 Å². The van der Waals surface area contributed by atoms with E-state index in [1.807, 2.05) is 0 Å². The first-order valence-corrected chi connectivity index (χ1v) is 12.9. The minimum atomic E-state index is 0.898. The number of aromatic nitrogens is 1. The van der Waals surface area contributed by atoms with Crippen molar-refractivity contribution in [2.45, 2.75) is 0 Å². The van der Waals surface area contributed by atoms with E-state index in [0.29, 0.717) is 0 Å². The first-order valence-electron chi connectivity index (χ1n) is 12.9. The van der Waals surface area contributed by atoms with Crippen LogP contribution in [0, 0.1) is 0 Å². The molecule has 178 valence electrons. The van der Waals surface area contributed by atoms with E-state index in [1.54, 1.807) is 0 Å². The van der Waals surface area contributed by atoms with Crippen molar-refractivity contribution in [1.29, 1.82) is 0 Å². The molecule has 0 aliphatic rings. The largest absolute Gasteiger partial charge is 0.456 e. The molecular formula is C36H23NO. The Kier molecular flexibility index (Phi) is 4.55. The van der Waals surface area contributed by atoms with Crippen LogP contribution in [0.2, 0.25) is 0 Å². The fourth-order valence-corrected chi connectivity index (χ4v) is 5.79. The highest BCUT2D eigenvalue weighted by atomic mass is 16.3. The maximum Gasteiger partial charge on any atom is 0.136 e. The van der Waals surface area contributed by atoms with E-state index in [0.717, 1.165) is 27.9 Å². The van der Waals surface area contributed by atoms with Crippen molar-refractivity contribution in [3.63, 3.8) is 0 Å². The quantitative estimate of drug-likeness (QED) is 0.243. The maximum absolute atomic E-state index is 6.44. The van der Waals surface area contributed by atoms with Gasteiger partial charge in [-0.15, -0.1) is 0 Å². The van der Waals surface area contributed by atoms with Crippen LogP contribution in [0.15, 0.2) is 144 Å². The van der Waals surface area contributed by atoms with E-state index in [1.165, 1.54) is 43.8 Å². The Morgan fingerprint density at radius 1 is 0.447 bits per heavy atom. The van der Waals surface area contributed by atoms with E-state index in [2.05, 4.69) is 144 Å². The fourth-order valence-electron chi connectivity index (χ4n) is 5.79. The molecule has 0 atom stereocenters. The van der Waals surface area contributed by atoms with Gasteiger partial charge in [0.2, 0.25) is 0 Å². The highest BCUT2D eigenvalue weighted by Gasteiger charge is 2.14. The molecule has 0 aliphatic heterocycles. The lowest BCUT2D eigenvalue weighted by Crippen LogP contribution is -1.92. The van der Waals surface area contributed by atoms with Crippen molar-refractivity contribution in [1.82, 2.24) is 4.57 Å². The van der Waals surface area contributed by atoms with Crippen LogP contribution in [0.3, 0.4) is 0 Å². The van der Waals surface area contributed by atoms with Crippen molar-refractivity contribution < 1.29 is 4.42 Å². The molecule has 0 bridgehead atoms. The number of para-hydroxylation sites is 2. The van der Waals surface area contributed by atoms with Gasteiger partial charge in [0.05, 0.1) is 11.0 Å². The summed E-state index contributed by atoms with van der Waals surface area (Å²) in [5.74, 6) is 0.898. The second-order valence-corrected chi connectivity index (χ2v) is 9.81. The third kappa shape index (κ3) is 3.21. The average Bonchev–Trinajstić information content (AvgIpc) is 3.56. The summed E-state index contributed by atoms with van der Waals surface area (Å²) in [5.41, 5.74) is 7.94. The molecule has 0 saturated carbocycles. The maximum atomic E-state index is 6.44. The standard InChI is InChI=1S/C36H23NO/c1-2-11-28(12-3-1)37-33-16-7-6-14-30(33)32-21-25(19-20-34(32)37)26-17-18-27-23-36(38-35(27)22-26)31-15-8-10-24-9-4-5-13-29(24)31/h1-23H. The molecular weight excluding hydrogens is 462 g/mol. The first-order chi connectivity index (χ1) is 18.8. The molecule has 2 heterocycles. The van der Waals surface area contributed by atoms with Crippen LogP contribution in [0.1, 0.15) is 0 Å². The Balaban J connectivity index is 1.28. The number of hydrogen-bond donors (Lipinski definition) is 0. The van der Waals surface area contributed by atoms with Crippen LogP contribution in [0.4, 0.5) is 0 Å². The number of fused-ring (bicyclic) bond motifs is 5. The molecule has 0 spiro atoms. The number of nitrogens with zero attached hydrogens (tertiary/aromatic N) is 1. The summed E-state index contributed by atoms with van der Waals surface area (Å²) in [5, 5.41) is 6.03. The number of furan rings is 1. The summed E-state index contributed by atoms with van der Waals surface area (Å²) in [6, 6.07) is 49.5. The molecule has 2 aromatic heterocycles. The Morgan fingerprint density at radius 2 is 1.16 bits per heavy atom. The van der Waals surface area contributed by atoms with Crippen molar-refractivity contribution in [3.8, 4) is 28.1 Å². The molecule has 0 saturated heterocycles. The van der Waals surface area contributed by atoms with Crippen molar-refractivity contribution in [2.24, 2.45) is 0 Å². The van der Waals surface area contributed by atoms with Gasteiger partial charge in [-0.2, -0.15) is 0 Å². The Morgan fingerprint density at radius 3 is 2.08 bits per heavy atom. The summed E-state index contributed by atoms with van der Waals surface area (Å²) in [6.07, 6.45) is 0. The van der Waals surface area contributed by atoms with Gasteiger partial charge in [0.15, 0.2) is 0 Å². The second kappa shape index (κ2) is 8.22. The third-order valence-corrected chi connectivity index (χ3v) is 7.60. The van der Waals surface area contributed by atoms with Crippen molar-refractivity contribution in [2.75, 3.05) is 0 Å². The summed E-state index contributed by atoms with van der Waals surface area (Å²) in [6.45, 7) is 0. The topological polar surface area (TPSA) is 18.1 Å². The van der Waals surface area contributed by atoms with Gasteiger partial charge in [-0.1, -0.05) is 97.1 Å². The van der Waals surface area contributed by atoms with Gasteiger partial charge >= 0.3 is 0 Å². The zero-order valence-electron chi connectivity index (χ0n) is 20.6. The van der Waals surface area contributed by atoms with Gasteiger partial charge < -0.3 is 8.98 Å².